The van der Waals surface area contributed by atoms with Crippen LogP contribution in [-0.2, 0) is 10.2 Å². The Morgan fingerprint density at radius 1 is 1.03 bits per heavy atom. The number of hydrogen-bond acceptors (Lipinski definition) is 5. The van der Waals surface area contributed by atoms with E-state index in [0.717, 1.165) is 5.56 Å². The molecule has 1 aliphatic heterocycles. The summed E-state index contributed by atoms with van der Waals surface area (Å²) in [7, 11) is 0. The Labute approximate surface area is 204 Å². The molecule has 1 unspecified atom stereocenters. The third-order valence-electron chi connectivity index (χ3n) is 5.78. The molecule has 1 amide bonds. The highest BCUT2D eigenvalue weighted by atomic mass is 32.1. The number of nitrogens with zero attached hydrogens (tertiary/aromatic N) is 1. The third-order valence-corrected chi connectivity index (χ3v) is 6.65. The maximum Gasteiger partial charge on any atom is 0.294 e. The molecule has 0 spiro atoms. The van der Waals surface area contributed by atoms with Gasteiger partial charge in [-0.25, -0.2) is 0 Å². The molecule has 1 aromatic heterocycles. The lowest BCUT2D eigenvalue weighted by atomic mass is 9.87. The highest BCUT2D eigenvalue weighted by molar-refractivity contribution is 7.12. The summed E-state index contributed by atoms with van der Waals surface area (Å²) >= 11 is 1.28. The predicted molar refractivity (Wildman–Crippen MR) is 136 cm³/mol. The molecule has 0 saturated heterocycles. The van der Waals surface area contributed by atoms with E-state index < -0.39 is 17.7 Å². The molecule has 4 rings (SSSR count). The number of aliphatic hydroxyl groups excluding tert-OH is 1. The lowest BCUT2D eigenvalue weighted by molar-refractivity contribution is -0.117. The number of thiophene rings is 1. The fourth-order valence-corrected chi connectivity index (χ4v) is 4.76. The summed E-state index contributed by atoms with van der Waals surface area (Å²) in [6.45, 7) is 10.3. The largest absolute Gasteiger partial charge is 0.503 e. The molecule has 0 aliphatic carbocycles. The number of rotatable bonds is 6. The first-order valence-corrected chi connectivity index (χ1v) is 12.2. The van der Waals surface area contributed by atoms with Gasteiger partial charge in [0.25, 0.3) is 5.91 Å². The Morgan fingerprint density at radius 2 is 1.68 bits per heavy atom. The van der Waals surface area contributed by atoms with E-state index in [1.54, 1.807) is 17.5 Å². The van der Waals surface area contributed by atoms with Crippen LogP contribution in [0.5, 0.6) is 5.75 Å². The molecule has 34 heavy (non-hydrogen) atoms. The van der Waals surface area contributed by atoms with Crippen LogP contribution in [0.4, 0.5) is 5.69 Å². The van der Waals surface area contributed by atoms with Gasteiger partial charge in [-0.15, -0.1) is 11.3 Å². The zero-order valence-electron chi connectivity index (χ0n) is 20.0. The summed E-state index contributed by atoms with van der Waals surface area (Å²) < 4.78 is 5.76. The normalized spacial score (nSPS) is 16.5. The third kappa shape index (κ3) is 4.50. The van der Waals surface area contributed by atoms with Gasteiger partial charge in [-0.2, -0.15) is 0 Å². The van der Waals surface area contributed by atoms with Crippen molar-refractivity contribution in [2.45, 2.75) is 52.2 Å². The molecule has 1 aliphatic rings. The van der Waals surface area contributed by atoms with Gasteiger partial charge in [0, 0.05) is 5.69 Å². The molecule has 2 heterocycles. The number of amides is 1. The van der Waals surface area contributed by atoms with Crippen LogP contribution in [0.25, 0.3) is 0 Å². The van der Waals surface area contributed by atoms with Crippen molar-refractivity contribution >= 4 is 28.7 Å². The van der Waals surface area contributed by atoms with E-state index in [2.05, 4.69) is 20.8 Å². The van der Waals surface area contributed by atoms with E-state index in [9.17, 15) is 14.7 Å². The lowest BCUT2D eigenvalue weighted by Gasteiger charge is -2.28. The van der Waals surface area contributed by atoms with Crippen LogP contribution in [0.3, 0.4) is 0 Å². The van der Waals surface area contributed by atoms with Gasteiger partial charge in [0.2, 0.25) is 5.78 Å². The van der Waals surface area contributed by atoms with Gasteiger partial charge in [-0.3, -0.25) is 14.5 Å². The first kappa shape index (κ1) is 23.8. The van der Waals surface area contributed by atoms with Gasteiger partial charge >= 0.3 is 0 Å². The molecule has 2 aromatic carbocycles. The van der Waals surface area contributed by atoms with Crippen molar-refractivity contribution in [2.24, 2.45) is 0 Å². The predicted octanol–water partition coefficient (Wildman–Crippen LogP) is 6.62. The minimum absolute atomic E-state index is 0.0247. The number of ether oxygens (including phenoxy) is 1. The number of carbonyl (C=O) groups is 2. The number of aliphatic hydroxyl groups is 1. The quantitative estimate of drug-likeness (QED) is 0.407. The minimum atomic E-state index is -0.754. The van der Waals surface area contributed by atoms with Crippen LogP contribution in [0.15, 0.2) is 77.4 Å². The average Bonchev–Trinajstić information content (AvgIpc) is 3.41. The monoisotopic (exact) mass is 475 g/mol. The van der Waals surface area contributed by atoms with Crippen LogP contribution in [0.1, 0.15) is 61.5 Å². The summed E-state index contributed by atoms with van der Waals surface area (Å²) in [5.41, 5.74) is 2.51. The van der Waals surface area contributed by atoms with E-state index in [0.29, 0.717) is 21.9 Å². The number of anilines is 1. The van der Waals surface area contributed by atoms with Crippen molar-refractivity contribution in [1.29, 1.82) is 0 Å². The van der Waals surface area contributed by atoms with Crippen molar-refractivity contribution < 1.29 is 19.4 Å². The summed E-state index contributed by atoms with van der Waals surface area (Å²) in [5, 5.41) is 12.7. The van der Waals surface area contributed by atoms with Gasteiger partial charge in [-0.1, -0.05) is 51.1 Å². The highest BCUT2D eigenvalue weighted by Crippen LogP contribution is 2.43. The van der Waals surface area contributed by atoms with Crippen LogP contribution in [0, 0.1) is 0 Å². The van der Waals surface area contributed by atoms with Gasteiger partial charge < -0.3 is 9.84 Å². The Morgan fingerprint density at radius 3 is 2.21 bits per heavy atom. The molecule has 0 bridgehead atoms. The number of Topliss-reactive ketones (excluding diaryl/α,β-unsaturated/α-hetero) is 1. The Hall–Kier alpha value is -3.38. The van der Waals surface area contributed by atoms with Crippen LogP contribution >= 0.6 is 11.3 Å². The summed E-state index contributed by atoms with van der Waals surface area (Å²) in [6, 6.07) is 17.8. The van der Waals surface area contributed by atoms with E-state index in [1.807, 2.05) is 62.4 Å². The molecule has 176 valence electrons. The summed E-state index contributed by atoms with van der Waals surface area (Å²) in [5.74, 6) is -0.743. The molecule has 0 fully saturated rings. The number of ketones is 1. The highest BCUT2D eigenvalue weighted by Gasteiger charge is 2.44. The van der Waals surface area contributed by atoms with E-state index in [1.165, 1.54) is 16.2 Å². The Bertz CT molecular complexity index is 1220. The van der Waals surface area contributed by atoms with Gasteiger partial charge in [-0.05, 0) is 66.1 Å². The molecule has 1 atom stereocenters. The molecular weight excluding hydrogens is 446 g/mol. The molecule has 1 N–H and O–H groups in total. The number of carbonyl (C=O) groups excluding carboxylic acids is 2. The molecule has 3 aromatic rings. The second-order valence-electron chi connectivity index (χ2n) is 9.68. The number of benzene rings is 2. The van der Waals surface area contributed by atoms with Gasteiger partial charge in [0.05, 0.1) is 22.6 Å². The molecule has 6 heteroatoms. The fourth-order valence-electron chi connectivity index (χ4n) is 4.08. The SMILES string of the molecule is CC(C)Oc1ccc(C2C(C(=O)c3cccs3)=C(O)C(=O)N2c2ccc(C(C)(C)C)cc2)cc1. The Balaban J connectivity index is 1.80. The zero-order chi connectivity index (χ0) is 24.6. The maximum absolute atomic E-state index is 13.4. The standard InChI is InChI=1S/C28H29NO4S/c1-17(2)33-21-14-8-18(9-15-21)24-23(25(30)22-7-6-16-34-22)26(31)27(32)29(24)20-12-10-19(11-13-20)28(3,4)5/h6-17,24,31H,1-5H3. The minimum Gasteiger partial charge on any atom is -0.503 e. The maximum atomic E-state index is 13.4. The van der Waals surface area contributed by atoms with Crippen molar-refractivity contribution in [3.8, 4) is 5.75 Å². The van der Waals surface area contributed by atoms with Gasteiger partial charge in [0.15, 0.2) is 5.76 Å². The molecule has 5 nitrogen and oxygen atoms in total. The first-order chi connectivity index (χ1) is 16.1. The van der Waals surface area contributed by atoms with Crippen molar-refractivity contribution in [2.75, 3.05) is 4.90 Å². The van der Waals surface area contributed by atoms with Gasteiger partial charge in [0.1, 0.15) is 5.75 Å². The molecular formula is C28H29NO4S. The fraction of sp³-hybridized carbons (Fsp3) is 0.286. The van der Waals surface area contributed by atoms with Crippen LogP contribution in [-0.4, -0.2) is 22.9 Å². The van der Waals surface area contributed by atoms with E-state index >= 15 is 0 Å². The van der Waals surface area contributed by atoms with E-state index in [4.69, 9.17) is 4.74 Å². The van der Waals surface area contributed by atoms with Crippen LogP contribution in [0.2, 0.25) is 0 Å². The van der Waals surface area contributed by atoms with E-state index in [-0.39, 0.29) is 22.9 Å². The smallest absolute Gasteiger partial charge is 0.294 e. The topological polar surface area (TPSA) is 66.8 Å². The second-order valence-corrected chi connectivity index (χ2v) is 10.6. The average molecular weight is 476 g/mol. The van der Waals surface area contributed by atoms with Crippen molar-refractivity contribution in [3.63, 3.8) is 0 Å². The first-order valence-electron chi connectivity index (χ1n) is 11.3. The van der Waals surface area contributed by atoms with Crippen molar-refractivity contribution in [3.05, 3.63) is 93.4 Å². The lowest BCUT2D eigenvalue weighted by Crippen LogP contribution is -2.31. The van der Waals surface area contributed by atoms with Crippen LogP contribution < -0.4 is 9.64 Å². The molecule has 0 radical (unpaired) electrons. The zero-order valence-corrected chi connectivity index (χ0v) is 20.8. The summed E-state index contributed by atoms with van der Waals surface area (Å²) in [6.07, 6.45) is 0.0247. The summed E-state index contributed by atoms with van der Waals surface area (Å²) in [4.78, 5) is 28.7. The number of hydrogen-bond donors (Lipinski definition) is 1. The van der Waals surface area contributed by atoms with Crippen molar-refractivity contribution in [1.82, 2.24) is 0 Å². The Kier molecular flexibility index (Phi) is 6.36. The molecule has 0 saturated carbocycles. The second kappa shape index (κ2) is 9.11.